The average molecular weight is 469 g/mol. The summed E-state index contributed by atoms with van der Waals surface area (Å²) in [7, 11) is 2.02. The standard InChI is InChI=1S/C21H24ClF3N6O/c1-12(13-4-3-5-14(17(13)23)18(24)25)26-19-15-10-31(11-16(15)27-20(22)28-19)21(32)30-8-6-29(2)7-9-30/h3-5,12,18H,6-11H2,1-2H3,(H,26,27,28)/t12-/m1/s1. The van der Waals surface area contributed by atoms with Crippen molar-refractivity contribution in [3.63, 3.8) is 0 Å². The monoisotopic (exact) mass is 468 g/mol. The largest absolute Gasteiger partial charge is 0.363 e. The molecule has 0 spiro atoms. The number of hydrogen-bond acceptors (Lipinski definition) is 5. The van der Waals surface area contributed by atoms with Crippen LogP contribution >= 0.6 is 11.6 Å². The van der Waals surface area contributed by atoms with Crippen molar-refractivity contribution < 1.29 is 18.0 Å². The Bertz CT molecular complexity index is 1020. The number of likely N-dealkylation sites (N-methyl/N-ethyl adjacent to an activating group) is 1. The van der Waals surface area contributed by atoms with Gasteiger partial charge in [0.25, 0.3) is 6.43 Å². The molecule has 3 heterocycles. The van der Waals surface area contributed by atoms with Crippen molar-refractivity contribution in [2.45, 2.75) is 32.5 Å². The Morgan fingerprint density at radius 2 is 1.78 bits per heavy atom. The van der Waals surface area contributed by atoms with E-state index in [0.717, 1.165) is 19.2 Å². The number of benzene rings is 1. The number of fused-ring (bicyclic) bond motifs is 1. The van der Waals surface area contributed by atoms with E-state index in [1.165, 1.54) is 12.1 Å². The highest BCUT2D eigenvalue weighted by molar-refractivity contribution is 6.28. The number of rotatable bonds is 4. The number of amides is 2. The van der Waals surface area contributed by atoms with Gasteiger partial charge in [0.05, 0.1) is 30.4 Å². The minimum Gasteiger partial charge on any atom is -0.363 e. The lowest BCUT2D eigenvalue weighted by Gasteiger charge is -2.34. The van der Waals surface area contributed by atoms with Crippen molar-refractivity contribution in [3.8, 4) is 0 Å². The second kappa shape index (κ2) is 9.11. The van der Waals surface area contributed by atoms with Crippen molar-refractivity contribution in [2.24, 2.45) is 0 Å². The maximum atomic E-state index is 14.6. The van der Waals surface area contributed by atoms with E-state index in [-0.39, 0.29) is 23.4 Å². The first-order chi connectivity index (χ1) is 15.2. The molecule has 0 bridgehead atoms. The summed E-state index contributed by atoms with van der Waals surface area (Å²) >= 11 is 6.09. The lowest BCUT2D eigenvalue weighted by atomic mass is 10.0. The first kappa shape index (κ1) is 22.6. The number of alkyl halides is 2. The minimum absolute atomic E-state index is 0.00542. The number of nitrogens with one attached hydrogen (secondary N) is 1. The van der Waals surface area contributed by atoms with Crippen molar-refractivity contribution in [3.05, 3.63) is 51.7 Å². The fraction of sp³-hybridized carbons (Fsp3) is 0.476. The highest BCUT2D eigenvalue weighted by Crippen LogP contribution is 2.33. The van der Waals surface area contributed by atoms with Crippen LogP contribution in [0.1, 0.15) is 41.8 Å². The number of urea groups is 1. The molecule has 0 radical (unpaired) electrons. The highest BCUT2D eigenvalue weighted by Gasteiger charge is 2.32. The summed E-state index contributed by atoms with van der Waals surface area (Å²) in [6, 6.07) is 3.17. The second-order valence-corrected chi connectivity index (χ2v) is 8.45. The summed E-state index contributed by atoms with van der Waals surface area (Å²) in [4.78, 5) is 27.1. The second-order valence-electron chi connectivity index (χ2n) is 8.11. The van der Waals surface area contributed by atoms with Gasteiger partial charge in [0.1, 0.15) is 11.6 Å². The topological polar surface area (TPSA) is 64.6 Å². The van der Waals surface area contributed by atoms with Crippen LogP contribution in [0, 0.1) is 5.82 Å². The van der Waals surface area contributed by atoms with Crippen LogP contribution in [0.2, 0.25) is 5.28 Å². The van der Waals surface area contributed by atoms with Crippen LogP contribution in [-0.4, -0.2) is 63.9 Å². The third kappa shape index (κ3) is 4.47. The van der Waals surface area contributed by atoms with Gasteiger partial charge in [0.15, 0.2) is 0 Å². The predicted molar refractivity (Wildman–Crippen MR) is 114 cm³/mol. The van der Waals surface area contributed by atoms with E-state index >= 15 is 0 Å². The number of hydrogen-bond donors (Lipinski definition) is 1. The van der Waals surface area contributed by atoms with E-state index in [4.69, 9.17) is 11.6 Å². The zero-order chi connectivity index (χ0) is 23.0. The molecule has 1 N–H and O–H groups in total. The van der Waals surface area contributed by atoms with Crippen molar-refractivity contribution in [1.29, 1.82) is 0 Å². The number of carbonyl (C=O) groups is 1. The third-order valence-electron chi connectivity index (χ3n) is 5.91. The molecule has 172 valence electrons. The number of nitrogens with zero attached hydrogens (tertiary/aromatic N) is 5. The smallest absolute Gasteiger partial charge is 0.320 e. The maximum absolute atomic E-state index is 14.6. The van der Waals surface area contributed by atoms with Gasteiger partial charge in [-0.25, -0.2) is 27.9 Å². The van der Waals surface area contributed by atoms with Gasteiger partial charge in [-0.05, 0) is 25.6 Å². The van der Waals surface area contributed by atoms with Crippen LogP contribution < -0.4 is 5.32 Å². The molecule has 2 aliphatic rings. The fourth-order valence-corrected chi connectivity index (χ4v) is 4.22. The molecule has 1 fully saturated rings. The van der Waals surface area contributed by atoms with Gasteiger partial charge < -0.3 is 20.0 Å². The first-order valence-corrected chi connectivity index (χ1v) is 10.7. The van der Waals surface area contributed by atoms with Crippen molar-refractivity contribution >= 4 is 23.4 Å². The lowest BCUT2D eigenvalue weighted by molar-refractivity contribution is 0.121. The lowest BCUT2D eigenvalue weighted by Crippen LogP contribution is -2.50. The Morgan fingerprint density at radius 1 is 1.09 bits per heavy atom. The molecule has 0 aliphatic carbocycles. The van der Waals surface area contributed by atoms with Crippen LogP contribution in [0.3, 0.4) is 0 Å². The summed E-state index contributed by atoms with van der Waals surface area (Å²) in [6.45, 7) is 5.15. The Labute approximate surface area is 189 Å². The van der Waals surface area contributed by atoms with Gasteiger partial charge in [-0.1, -0.05) is 18.2 Å². The molecule has 1 aromatic heterocycles. The Balaban J connectivity index is 1.54. The molecule has 0 unspecified atom stereocenters. The molecule has 7 nitrogen and oxygen atoms in total. The molecule has 11 heteroatoms. The van der Waals surface area contributed by atoms with Crippen molar-refractivity contribution in [1.82, 2.24) is 24.7 Å². The first-order valence-electron chi connectivity index (χ1n) is 10.3. The number of carbonyl (C=O) groups excluding carboxylic acids is 1. The Hall–Kier alpha value is -2.59. The molecule has 1 aromatic carbocycles. The van der Waals surface area contributed by atoms with Gasteiger partial charge in [0.2, 0.25) is 5.28 Å². The Kier molecular flexibility index (Phi) is 6.43. The molecule has 2 aromatic rings. The van der Waals surface area contributed by atoms with E-state index in [2.05, 4.69) is 20.2 Å². The molecule has 4 rings (SSSR count). The van der Waals surface area contributed by atoms with Crippen LogP contribution in [0.5, 0.6) is 0 Å². The SMILES string of the molecule is C[C@@H](Nc1nc(Cl)nc2c1CN(C(=O)N1CCN(C)CC1)C2)c1cccc(C(F)F)c1F. The van der Waals surface area contributed by atoms with Gasteiger partial charge in [0, 0.05) is 37.3 Å². The van der Waals surface area contributed by atoms with Crippen LogP contribution in [0.4, 0.5) is 23.8 Å². The molecule has 0 saturated carbocycles. The molecule has 32 heavy (non-hydrogen) atoms. The average Bonchev–Trinajstić information content (AvgIpc) is 3.17. The van der Waals surface area contributed by atoms with Crippen LogP contribution in [0.25, 0.3) is 0 Å². The van der Waals surface area contributed by atoms with E-state index in [1.807, 2.05) is 11.9 Å². The van der Waals surface area contributed by atoms with E-state index in [1.54, 1.807) is 11.8 Å². The summed E-state index contributed by atoms with van der Waals surface area (Å²) in [5.74, 6) is -0.589. The summed E-state index contributed by atoms with van der Waals surface area (Å²) in [6.07, 6.45) is -2.91. The Morgan fingerprint density at radius 3 is 2.47 bits per heavy atom. The minimum atomic E-state index is -2.91. The summed E-state index contributed by atoms with van der Waals surface area (Å²) in [5, 5.41) is 3.07. The number of halogens is 4. The summed E-state index contributed by atoms with van der Waals surface area (Å²) in [5.41, 5.74) is 0.749. The van der Waals surface area contributed by atoms with Gasteiger partial charge in [-0.3, -0.25) is 0 Å². The molecule has 2 aliphatic heterocycles. The fourth-order valence-electron chi connectivity index (χ4n) is 4.03. The molecule has 1 saturated heterocycles. The molecule has 2 amide bonds. The highest BCUT2D eigenvalue weighted by atomic mass is 35.5. The van der Waals surface area contributed by atoms with Crippen molar-refractivity contribution in [2.75, 3.05) is 38.5 Å². The van der Waals surface area contributed by atoms with Crippen LogP contribution in [0.15, 0.2) is 18.2 Å². The van der Waals surface area contributed by atoms with E-state index in [0.29, 0.717) is 36.7 Å². The van der Waals surface area contributed by atoms with E-state index < -0.39 is 23.8 Å². The van der Waals surface area contributed by atoms with Crippen LogP contribution in [-0.2, 0) is 13.1 Å². The summed E-state index contributed by atoms with van der Waals surface area (Å²) < 4.78 is 40.8. The molecular formula is C21H24ClF3N6O. The molecular weight excluding hydrogens is 445 g/mol. The number of piperazine rings is 1. The van der Waals surface area contributed by atoms with Gasteiger partial charge >= 0.3 is 6.03 Å². The maximum Gasteiger partial charge on any atom is 0.320 e. The number of anilines is 1. The normalized spacial score (nSPS) is 17.6. The van der Waals surface area contributed by atoms with Gasteiger partial charge in [-0.15, -0.1) is 0 Å². The number of aromatic nitrogens is 2. The zero-order valence-electron chi connectivity index (χ0n) is 17.8. The quantitative estimate of drug-likeness (QED) is 0.685. The predicted octanol–water partition coefficient (Wildman–Crippen LogP) is 4.06. The van der Waals surface area contributed by atoms with E-state index in [9.17, 15) is 18.0 Å². The van der Waals surface area contributed by atoms with Gasteiger partial charge in [-0.2, -0.15) is 0 Å². The zero-order valence-corrected chi connectivity index (χ0v) is 18.5. The third-order valence-corrected chi connectivity index (χ3v) is 6.08. The molecule has 1 atom stereocenters.